The van der Waals surface area contributed by atoms with E-state index < -0.39 is 6.72 Å². The first-order valence-electron chi connectivity index (χ1n) is 19.9. The van der Waals surface area contributed by atoms with Crippen LogP contribution in [0.5, 0.6) is 17.2 Å². The van der Waals surface area contributed by atoms with Gasteiger partial charge in [-0.3, -0.25) is 0 Å². The molecule has 12 rings (SSSR count). The zero-order chi connectivity index (χ0) is 41.2. The number of nitrogens with zero attached hydrogens (tertiary/aromatic N) is 3. The molecule has 0 fully saturated rings. The van der Waals surface area contributed by atoms with Gasteiger partial charge in [0.2, 0.25) is 17.7 Å². The first-order valence-corrected chi connectivity index (χ1v) is 22.4. The van der Waals surface area contributed by atoms with Gasteiger partial charge in [0, 0.05) is 11.8 Å². The van der Waals surface area contributed by atoms with E-state index in [1.165, 1.54) is 0 Å². The van der Waals surface area contributed by atoms with E-state index in [0.717, 1.165) is 32.3 Å². The Bertz CT molecular complexity index is 3280. The molecule has 0 aliphatic heterocycles. The molecule has 0 aliphatic rings. The number of oxazole rings is 3. The van der Waals surface area contributed by atoms with E-state index in [2.05, 4.69) is 0 Å². The van der Waals surface area contributed by atoms with Gasteiger partial charge in [-0.2, -0.15) is 0 Å². The highest BCUT2D eigenvalue weighted by atomic mass is 32.5. The molecule has 11 heteroatoms. The monoisotopic (exact) mass is 843 g/mol. The molecule has 0 unspecified atom stereocenters. The van der Waals surface area contributed by atoms with Crippen molar-refractivity contribution in [3.8, 4) is 51.6 Å². The minimum absolute atomic E-state index is 0.354. The van der Waals surface area contributed by atoms with Gasteiger partial charge >= 0.3 is 6.72 Å². The van der Waals surface area contributed by atoms with Gasteiger partial charge in [0.05, 0.1) is 16.7 Å². The van der Waals surface area contributed by atoms with Crippen LogP contribution in [0.1, 0.15) is 0 Å². The molecule has 0 atom stereocenters. The van der Waals surface area contributed by atoms with Crippen LogP contribution in [-0.4, -0.2) is 15.0 Å². The number of benzene rings is 9. The Morgan fingerprint density at radius 3 is 0.952 bits per heavy atom. The number of hydrogen-bond acceptors (Lipinski definition) is 10. The van der Waals surface area contributed by atoms with E-state index in [0.29, 0.717) is 84.9 Å². The molecule has 3 heterocycles. The fourth-order valence-corrected chi connectivity index (χ4v) is 10.0. The van der Waals surface area contributed by atoms with Crippen LogP contribution in [0.2, 0.25) is 0 Å². The van der Waals surface area contributed by atoms with Crippen molar-refractivity contribution in [3.05, 3.63) is 182 Å². The van der Waals surface area contributed by atoms with Crippen LogP contribution in [0.15, 0.2) is 195 Å². The summed E-state index contributed by atoms with van der Waals surface area (Å²) in [6.45, 7) is -4.04. The lowest BCUT2D eigenvalue weighted by Crippen LogP contribution is -2.09. The maximum absolute atomic E-state index is 7.10. The van der Waals surface area contributed by atoms with E-state index in [4.69, 9.17) is 53.6 Å². The quantitative estimate of drug-likeness (QED) is 0.130. The largest absolute Gasteiger partial charge is 0.490 e. The summed E-state index contributed by atoms with van der Waals surface area (Å²) >= 11 is 6.63. The molecule has 0 bridgehead atoms. The highest BCUT2D eigenvalue weighted by Gasteiger charge is 2.34. The predicted octanol–water partition coefficient (Wildman–Crippen LogP) is 14.3. The molecule has 0 aliphatic carbocycles. The van der Waals surface area contributed by atoms with Crippen molar-refractivity contribution in [3.63, 3.8) is 0 Å². The second-order valence-electron chi connectivity index (χ2n) is 14.7. The third kappa shape index (κ3) is 6.24. The SMILES string of the molecule is S=P(Oc1ccc2ccccc2c1-c1nc2ccccc2o1)(Oc1ccc2ccccc2c1-c1nc2ccccc2o1)Oc1ccc2ccccc2c1-c1nc2ccccc2o1. The maximum atomic E-state index is 7.10. The molecule has 9 nitrogen and oxygen atoms in total. The average molecular weight is 844 g/mol. The van der Waals surface area contributed by atoms with E-state index in [1.54, 1.807) is 0 Å². The van der Waals surface area contributed by atoms with Gasteiger partial charge in [-0.15, -0.1) is 0 Å². The third-order valence-electron chi connectivity index (χ3n) is 10.8. The lowest BCUT2D eigenvalue weighted by atomic mass is 10.0. The number of fused-ring (bicyclic) bond motifs is 6. The van der Waals surface area contributed by atoms with Crippen molar-refractivity contribution in [1.82, 2.24) is 15.0 Å². The molecule has 0 N–H and O–H groups in total. The number of hydrogen-bond donors (Lipinski definition) is 0. The molecular formula is C51H30N3O6PS. The zero-order valence-corrected chi connectivity index (χ0v) is 34.2. The Hall–Kier alpha value is -7.78. The summed E-state index contributed by atoms with van der Waals surface area (Å²) in [6.07, 6.45) is 0. The number of rotatable bonds is 9. The van der Waals surface area contributed by atoms with E-state index >= 15 is 0 Å². The predicted molar refractivity (Wildman–Crippen MR) is 247 cm³/mol. The first-order chi connectivity index (χ1) is 30.5. The van der Waals surface area contributed by atoms with Crippen molar-refractivity contribution in [2.75, 3.05) is 0 Å². The maximum Gasteiger partial charge on any atom is 0.490 e. The van der Waals surface area contributed by atoms with Crippen molar-refractivity contribution in [2.24, 2.45) is 0 Å². The summed E-state index contributed by atoms with van der Waals surface area (Å²) in [5.41, 5.74) is 5.78. The number of para-hydroxylation sites is 6. The van der Waals surface area contributed by atoms with Crippen LogP contribution in [0, 0.1) is 0 Å². The molecule has 0 saturated heterocycles. The standard InChI is InChI=1S/C51H30N3O6PS/c62-61(58-43-28-25-31-13-1-4-16-34(31)46(43)49-52-37-19-7-10-22-40(37)55-49,59-44-29-26-32-14-2-5-17-35(32)47(44)50-53-38-20-8-11-23-41(38)56-50)60-45-30-27-33-15-3-6-18-36(33)48(45)51-54-39-21-9-12-24-42(39)57-51/h1-30H. The zero-order valence-electron chi connectivity index (χ0n) is 32.5. The Balaban J connectivity index is 1.08. The van der Waals surface area contributed by atoms with Gasteiger partial charge < -0.3 is 26.8 Å². The molecule has 12 aromatic rings. The van der Waals surface area contributed by atoms with Crippen LogP contribution in [0.3, 0.4) is 0 Å². The molecule has 9 aromatic carbocycles. The Morgan fingerprint density at radius 1 is 0.339 bits per heavy atom. The minimum atomic E-state index is -4.04. The fraction of sp³-hybridized carbons (Fsp3) is 0. The highest BCUT2D eigenvalue weighted by Crippen LogP contribution is 2.57. The van der Waals surface area contributed by atoms with Crippen molar-refractivity contribution in [1.29, 1.82) is 0 Å². The Morgan fingerprint density at radius 2 is 0.629 bits per heavy atom. The van der Waals surface area contributed by atoms with Crippen LogP contribution in [0.4, 0.5) is 0 Å². The fourth-order valence-electron chi connectivity index (χ4n) is 8.00. The summed E-state index contributed by atoms with van der Waals surface area (Å²) in [4.78, 5) is 14.8. The van der Waals surface area contributed by atoms with Crippen LogP contribution in [-0.2, 0) is 11.8 Å². The lowest BCUT2D eigenvalue weighted by molar-refractivity contribution is 0.385. The van der Waals surface area contributed by atoms with Gasteiger partial charge in [0.15, 0.2) is 16.7 Å². The summed E-state index contributed by atoms with van der Waals surface area (Å²) in [7, 11) is 0. The van der Waals surface area contributed by atoms with E-state index in [1.807, 2.05) is 182 Å². The molecule has 3 aromatic heterocycles. The van der Waals surface area contributed by atoms with Crippen LogP contribution in [0.25, 0.3) is 100.0 Å². The van der Waals surface area contributed by atoms with Gasteiger partial charge in [-0.25, -0.2) is 15.0 Å². The van der Waals surface area contributed by atoms with E-state index in [9.17, 15) is 0 Å². The summed E-state index contributed by atoms with van der Waals surface area (Å²) in [5, 5.41) is 5.38. The molecule has 0 saturated carbocycles. The second kappa shape index (κ2) is 14.4. The summed E-state index contributed by atoms with van der Waals surface area (Å²) < 4.78 is 40.6. The molecule has 296 valence electrons. The lowest BCUT2D eigenvalue weighted by Gasteiger charge is -2.26. The first kappa shape index (κ1) is 36.1. The highest BCUT2D eigenvalue weighted by molar-refractivity contribution is 8.08. The molecule has 0 radical (unpaired) electrons. The van der Waals surface area contributed by atoms with Crippen LogP contribution < -0.4 is 13.6 Å². The molecule has 0 amide bonds. The summed E-state index contributed by atoms with van der Waals surface area (Å²) in [5.74, 6) is 2.13. The molecule has 62 heavy (non-hydrogen) atoms. The van der Waals surface area contributed by atoms with Gasteiger partial charge in [0.25, 0.3) is 0 Å². The molecular weight excluding hydrogens is 814 g/mol. The van der Waals surface area contributed by atoms with Gasteiger partial charge in [0.1, 0.15) is 33.8 Å². The minimum Gasteiger partial charge on any atom is -0.436 e. The Kier molecular flexibility index (Phi) is 8.41. The summed E-state index contributed by atoms with van der Waals surface area (Å²) in [6, 6.07) is 58.3. The molecule has 0 spiro atoms. The van der Waals surface area contributed by atoms with Crippen molar-refractivity contribution < 1.29 is 26.8 Å². The topological polar surface area (TPSA) is 106 Å². The Labute approximate surface area is 358 Å². The van der Waals surface area contributed by atoms with Gasteiger partial charge in [-0.05, 0) is 86.9 Å². The van der Waals surface area contributed by atoms with Gasteiger partial charge in [-0.1, -0.05) is 127 Å². The smallest absolute Gasteiger partial charge is 0.436 e. The van der Waals surface area contributed by atoms with Crippen LogP contribution >= 0.6 is 6.72 Å². The normalized spacial score (nSPS) is 11.9. The van der Waals surface area contributed by atoms with Crippen molar-refractivity contribution in [2.45, 2.75) is 0 Å². The average Bonchev–Trinajstić information content (AvgIpc) is 4.06. The number of aromatic nitrogens is 3. The second-order valence-corrected chi connectivity index (χ2v) is 17.4. The third-order valence-corrected chi connectivity index (χ3v) is 12.8. The van der Waals surface area contributed by atoms with E-state index in [-0.39, 0.29) is 0 Å². The van der Waals surface area contributed by atoms with Crippen molar-refractivity contribution >= 4 is 84.1 Å².